The summed E-state index contributed by atoms with van der Waals surface area (Å²) < 4.78 is 4.35. The molecule has 2 aromatic rings. The van der Waals surface area contributed by atoms with Crippen LogP contribution in [0.2, 0.25) is 0 Å². The highest BCUT2D eigenvalue weighted by molar-refractivity contribution is 7.11. The molecule has 0 bridgehead atoms. The molecule has 1 fully saturated rings. The number of nitrogens with zero attached hydrogens (tertiary/aromatic N) is 3. The van der Waals surface area contributed by atoms with Gasteiger partial charge in [-0.2, -0.15) is 4.37 Å². The first-order valence-corrected chi connectivity index (χ1v) is 6.89. The highest BCUT2D eigenvalue weighted by atomic mass is 32.1. The molecule has 16 heavy (non-hydrogen) atoms. The number of aromatic nitrogens is 3. The summed E-state index contributed by atoms with van der Waals surface area (Å²) in [7, 11) is 0. The Hall–Kier alpha value is -1.01. The molecule has 0 atom stereocenters. The molecule has 2 aromatic heterocycles. The van der Waals surface area contributed by atoms with Crippen LogP contribution in [0.1, 0.15) is 34.5 Å². The summed E-state index contributed by atoms with van der Waals surface area (Å²) in [6.45, 7) is 2.81. The lowest BCUT2D eigenvalue weighted by Crippen LogP contribution is -1.96. The van der Waals surface area contributed by atoms with Gasteiger partial charge in [0.15, 0.2) is 0 Å². The fourth-order valence-corrected chi connectivity index (χ4v) is 2.84. The molecule has 6 heteroatoms. The van der Waals surface area contributed by atoms with E-state index in [1.807, 2.05) is 13.1 Å². The molecule has 1 N–H and O–H groups in total. The van der Waals surface area contributed by atoms with Crippen molar-refractivity contribution in [3.63, 3.8) is 0 Å². The Morgan fingerprint density at radius 1 is 1.50 bits per heavy atom. The van der Waals surface area contributed by atoms with Crippen molar-refractivity contribution in [2.45, 2.75) is 32.2 Å². The van der Waals surface area contributed by atoms with Crippen LogP contribution >= 0.6 is 22.9 Å². The zero-order chi connectivity index (χ0) is 11.0. The molecule has 4 nitrogen and oxygen atoms in total. The molecule has 3 rings (SSSR count). The quantitative estimate of drug-likeness (QED) is 0.909. The van der Waals surface area contributed by atoms with Crippen molar-refractivity contribution in [1.82, 2.24) is 14.3 Å². The van der Waals surface area contributed by atoms with Gasteiger partial charge in [-0.1, -0.05) is 0 Å². The molecule has 2 heterocycles. The molecule has 0 amide bonds. The second-order valence-corrected chi connectivity index (χ2v) is 6.00. The highest BCUT2D eigenvalue weighted by Gasteiger charge is 2.27. The van der Waals surface area contributed by atoms with Gasteiger partial charge >= 0.3 is 0 Å². The number of rotatable bonds is 4. The molecule has 0 unspecified atom stereocenters. The van der Waals surface area contributed by atoms with Gasteiger partial charge < -0.3 is 5.32 Å². The van der Waals surface area contributed by atoms with Crippen LogP contribution in [0.4, 0.5) is 5.13 Å². The Balaban J connectivity index is 1.61. The number of anilines is 1. The zero-order valence-electron chi connectivity index (χ0n) is 8.93. The van der Waals surface area contributed by atoms with Crippen LogP contribution in [0.25, 0.3) is 0 Å². The van der Waals surface area contributed by atoms with E-state index in [1.54, 1.807) is 11.3 Å². The van der Waals surface area contributed by atoms with Crippen LogP contribution in [0, 0.1) is 6.92 Å². The van der Waals surface area contributed by atoms with Gasteiger partial charge in [0, 0.05) is 28.5 Å². The summed E-state index contributed by atoms with van der Waals surface area (Å²) in [5.41, 5.74) is 0. The first-order valence-electron chi connectivity index (χ1n) is 5.30. The van der Waals surface area contributed by atoms with E-state index in [1.165, 1.54) is 29.3 Å². The van der Waals surface area contributed by atoms with Crippen molar-refractivity contribution >= 4 is 28.0 Å². The minimum Gasteiger partial charge on any atom is -0.355 e. The van der Waals surface area contributed by atoms with Crippen molar-refractivity contribution < 1.29 is 0 Å². The number of hydrogen-bond acceptors (Lipinski definition) is 6. The Morgan fingerprint density at radius 3 is 3.06 bits per heavy atom. The van der Waals surface area contributed by atoms with Gasteiger partial charge in [0.1, 0.15) is 5.82 Å². The summed E-state index contributed by atoms with van der Waals surface area (Å²) >= 11 is 3.17. The maximum Gasteiger partial charge on any atom is 0.202 e. The molecule has 0 radical (unpaired) electrons. The third-order valence-electron chi connectivity index (χ3n) is 2.47. The lowest BCUT2D eigenvalue weighted by molar-refractivity contribution is 0.981. The van der Waals surface area contributed by atoms with Crippen LogP contribution < -0.4 is 5.32 Å². The van der Waals surface area contributed by atoms with Gasteiger partial charge in [0.2, 0.25) is 5.13 Å². The summed E-state index contributed by atoms with van der Waals surface area (Å²) in [6.07, 6.45) is 4.42. The summed E-state index contributed by atoms with van der Waals surface area (Å²) in [6, 6.07) is 0. The van der Waals surface area contributed by atoms with E-state index in [0.29, 0.717) is 5.92 Å². The maximum atomic E-state index is 4.47. The fraction of sp³-hybridized carbons (Fsp3) is 0.500. The van der Waals surface area contributed by atoms with E-state index in [4.69, 9.17) is 0 Å². The van der Waals surface area contributed by atoms with Crippen molar-refractivity contribution in [2.24, 2.45) is 0 Å². The van der Waals surface area contributed by atoms with Gasteiger partial charge in [-0.05, 0) is 19.8 Å². The van der Waals surface area contributed by atoms with E-state index in [9.17, 15) is 0 Å². The van der Waals surface area contributed by atoms with E-state index in [0.717, 1.165) is 22.5 Å². The number of nitrogens with one attached hydrogen (secondary N) is 1. The fourth-order valence-electron chi connectivity index (χ4n) is 1.46. The minimum atomic E-state index is 0.637. The molecule has 1 aliphatic carbocycles. The molecule has 84 valence electrons. The Morgan fingerprint density at radius 2 is 2.38 bits per heavy atom. The van der Waals surface area contributed by atoms with Crippen molar-refractivity contribution in [2.75, 3.05) is 5.32 Å². The summed E-state index contributed by atoms with van der Waals surface area (Å²) in [5.74, 6) is 1.66. The Labute approximate surface area is 102 Å². The Bertz CT molecular complexity index is 486. The zero-order valence-corrected chi connectivity index (χ0v) is 10.6. The highest BCUT2D eigenvalue weighted by Crippen LogP contribution is 2.39. The standard InChI is InChI=1S/C10H12N4S2/c1-6-11-4-8(15-6)5-12-10-13-9(14-16-10)7-2-3-7/h4,7H,2-3,5H2,1H3,(H,12,13,14). The van der Waals surface area contributed by atoms with E-state index >= 15 is 0 Å². The number of hydrogen-bond donors (Lipinski definition) is 1. The lowest BCUT2D eigenvalue weighted by atomic mass is 10.4. The third kappa shape index (κ3) is 2.22. The van der Waals surface area contributed by atoms with Crippen LogP contribution in [-0.2, 0) is 6.54 Å². The van der Waals surface area contributed by atoms with Gasteiger partial charge in [-0.3, -0.25) is 0 Å². The Kier molecular flexibility index (Phi) is 2.61. The second kappa shape index (κ2) is 4.10. The molecule has 1 saturated carbocycles. The molecule has 0 aromatic carbocycles. The average molecular weight is 252 g/mol. The van der Waals surface area contributed by atoms with E-state index < -0.39 is 0 Å². The van der Waals surface area contributed by atoms with Gasteiger partial charge in [0.05, 0.1) is 11.6 Å². The van der Waals surface area contributed by atoms with Crippen molar-refractivity contribution in [3.05, 3.63) is 21.9 Å². The van der Waals surface area contributed by atoms with Gasteiger partial charge in [-0.25, -0.2) is 9.97 Å². The smallest absolute Gasteiger partial charge is 0.202 e. The second-order valence-electron chi connectivity index (χ2n) is 3.93. The third-order valence-corrected chi connectivity index (χ3v) is 4.07. The average Bonchev–Trinajstić information content (AvgIpc) is 2.87. The molecule has 0 saturated heterocycles. The first-order chi connectivity index (χ1) is 7.81. The molecular weight excluding hydrogens is 240 g/mol. The summed E-state index contributed by atoms with van der Waals surface area (Å²) in [4.78, 5) is 9.93. The summed E-state index contributed by atoms with van der Waals surface area (Å²) in [5, 5.41) is 5.32. The SMILES string of the molecule is Cc1ncc(CNc2nc(C3CC3)ns2)s1. The first kappa shape index (κ1) is 10.2. The van der Waals surface area contributed by atoms with Crippen molar-refractivity contribution in [3.8, 4) is 0 Å². The number of thiazole rings is 1. The number of aryl methyl sites for hydroxylation is 1. The lowest BCUT2D eigenvalue weighted by Gasteiger charge is -1.97. The monoisotopic (exact) mass is 252 g/mol. The molecular formula is C10H12N4S2. The predicted molar refractivity (Wildman–Crippen MR) is 66.1 cm³/mol. The molecule has 1 aliphatic rings. The van der Waals surface area contributed by atoms with E-state index in [2.05, 4.69) is 19.7 Å². The van der Waals surface area contributed by atoms with Crippen molar-refractivity contribution in [1.29, 1.82) is 0 Å². The predicted octanol–water partition coefficient (Wildman–Crippen LogP) is 2.79. The topological polar surface area (TPSA) is 50.7 Å². The largest absolute Gasteiger partial charge is 0.355 e. The maximum absolute atomic E-state index is 4.47. The molecule has 0 spiro atoms. The van der Waals surface area contributed by atoms with Gasteiger partial charge in [0.25, 0.3) is 0 Å². The minimum absolute atomic E-state index is 0.637. The van der Waals surface area contributed by atoms with E-state index in [-0.39, 0.29) is 0 Å². The van der Waals surface area contributed by atoms with Crippen LogP contribution in [0.5, 0.6) is 0 Å². The van der Waals surface area contributed by atoms with Crippen LogP contribution in [0.15, 0.2) is 6.20 Å². The molecule has 0 aliphatic heterocycles. The van der Waals surface area contributed by atoms with Crippen LogP contribution in [0.3, 0.4) is 0 Å². The van der Waals surface area contributed by atoms with Gasteiger partial charge in [-0.15, -0.1) is 11.3 Å². The normalized spacial score (nSPS) is 15.3. The van der Waals surface area contributed by atoms with Crippen LogP contribution in [-0.4, -0.2) is 14.3 Å².